The lowest BCUT2D eigenvalue weighted by Crippen LogP contribution is -2.48. The fourth-order valence-electron chi connectivity index (χ4n) is 3.30. The first-order chi connectivity index (χ1) is 10.7. The first-order valence-corrected chi connectivity index (χ1v) is 8.01. The van der Waals surface area contributed by atoms with Crippen LogP contribution in [0.1, 0.15) is 36.0 Å². The van der Waals surface area contributed by atoms with Crippen LogP contribution in [0.3, 0.4) is 0 Å². The van der Waals surface area contributed by atoms with Crippen molar-refractivity contribution in [3.8, 4) is 0 Å². The molecule has 0 aliphatic carbocycles. The van der Waals surface area contributed by atoms with E-state index in [0.29, 0.717) is 12.5 Å². The van der Waals surface area contributed by atoms with Crippen LogP contribution in [0, 0.1) is 0 Å². The monoisotopic (exact) mass is 296 g/mol. The summed E-state index contributed by atoms with van der Waals surface area (Å²) in [7, 11) is 0. The molecule has 2 aromatic rings. The molecular formula is C19H24N2O. The second-order valence-electron chi connectivity index (χ2n) is 6.12. The van der Waals surface area contributed by atoms with E-state index in [2.05, 4.69) is 35.2 Å². The van der Waals surface area contributed by atoms with E-state index in [-0.39, 0.29) is 6.17 Å². The van der Waals surface area contributed by atoms with E-state index in [9.17, 15) is 5.11 Å². The van der Waals surface area contributed by atoms with Crippen LogP contribution in [0.2, 0.25) is 0 Å². The minimum atomic E-state index is -0.472. The van der Waals surface area contributed by atoms with Gasteiger partial charge in [-0.2, -0.15) is 0 Å². The maximum absolute atomic E-state index is 10.4. The van der Waals surface area contributed by atoms with Crippen LogP contribution in [0.15, 0.2) is 60.7 Å². The Kier molecular flexibility index (Phi) is 4.88. The highest BCUT2D eigenvalue weighted by Gasteiger charge is 2.28. The summed E-state index contributed by atoms with van der Waals surface area (Å²) in [6.07, 6.45) is 1.59. The quantitative estimate of drug-likeness (QED) is 0.912. The number of piperidine rings is 1. The van der Waals surface area contributed by atoms with Gasteiger partial charge < -0.3 is 10.8 Å². The lowest BCUT2D eigenvalue weighted by atomic mass is 9.87. The van der Waals surface area contributed by atoms with Crippen molar-refractivity contribution in [2.75, 3.05) is 13.1 Å². The molecule has 3 heteroatoms. The first-order valence-electron chi connectivity index (χ1n) is 8.01. The zero-order chi connectivity index (χ0) is 15.4. The number of aliphatic hydroxyl groups excluding tert-OH is 1. The minimum absolute atomic E-state index is 0.0114. The lowest BCUT2D eigenvalue weighted by molar-refractivity contribution is 0.0633. The molecule has 0 aromatic heterocycles. The molecule has 3 unspecified atom stereocenters. The standard InChI is InChI=1S/C19H24N2O/c20-19-13-17(15-7-3-1-4-8-15)11-12-21(19)14-18(22)16-9-5-2-6-10-16/h1-10,17-19,22H,11-14,20H2. The fraction of sp³-hybridized carbons (Fsp3) is 0.368. The van der Waals surface area contributed by atoms with Crippen molar-refractivity contribution in [3.63, 3.8) is 0 Å². The van der Waals surface area contributed by atoms with Crippen molar-refractivity contribution in [1.29, 1.82) is 0 Å². The summed E-state index contributed by atoms with van der Waals surface area (Å²) >= 11 is 0. The van der Waals surface area contributed by atoms with Crippen LogP contribution >= 0.6 is 0 Å². The van der Waals surface area contributed by atoms with E-state index in [1.807, 2.05) is 30.3 Å². The molecule has 3 atom stereocenters. The third-order valence-corrected chi connectivity index (χ3v) is 4.62. The van der Waals surface area contributed by atoms with Crippen LogP contribution < -0.4 is 5.73 Å². The minimum Gasteiger partial charge on any atom is -0.387 e. The average molecular weight is 296 g/mol. The molecule has 0 amide bonds. The van der Waals surface area contributed by atoms with Gasteiger partial charge in [-0.15, -0.1) is 0 Å². The highest BCUT2D eigenvalue weighted by atomic mass is 16.3. The van der Waals surface area contributed by atoms with E-state index in [1.165, 1.54) is 5.56 Å². The molecule has 3 N–H and O–H groups in total. The van der Waals surface area contributed by atoms with Gasteiger partial charge in [0, 0.05) is 13.1 Å². The first kappa shape index (κ1) is 15.2. The zero-order valence-electron chi connectivity index (χ0n) is 12.8. The van der Waals surface area contributed by atoms with Gasteiger partial charge in [0.05, 0.1) is 12.3 Å². The number of likely N-dealkylation sites (tertiary alicyclic amines) is 1. The summed E-state index contributed by atoms with van der Waals surface area (Å²) in [6.45, 7) is 1.54. The van der Waals surface area contributed by atoms with Crippen LogP contribution in [0.4, 0.5) is 0 Å². The van der Waals surface area contributed by atoms with Crippen molar-refractivity contribution in [3.05, 3.63) is 71.8 Å². The highest BCUT2D eigenvalue weighted by molar-refractivity contribution is 5.21. The number of nitrogens with zero attached hydrogens (tertiary/aromatic N) is 1. The SMILES string of the molecule is NC1CC(c2ccccc2)CCN1CC(O)c1ccccc1. The van der Waals surface area contributed by atoms with Gasteiger partial charge in [-0.05, 0) is 29.9 Å². The van der Waals surface area contributed by atoms with Gasteiger partial charge in [0.1, 0.15) is 0 Å². The Bertz CT molecular complexity index is 573. The smallest absolute Gasteiger partial charge is 0.0917 e. The normalized spacial score (nSPS) is 24.1. The van der Waals surface area contributed by atoms with Gasteiger partial charge in [-0.3, -0.25) is 4.90 Å². The molecule has 3 nitrogen and oxygen atoms in total. The summed E-state index contributed by atoms with van der Waals surface area (Å²) in [5.41, 5.74) is 8.68. The maximum Gasteiger partial charge on any atom is 0.0917 e. The molecule has 1 aliphatic rings. The second-order valence-corrected chi connectivity index (χ2v) is 6.12. The van der Waals surface area contributed by atoms with Gasteiger partial charge in [0.2, 0.25) is 0 Å². The molecule has 0 bridgehead atoms. The van der Waals surface area contributed by atoms with Crippen molar-refractivity contribution >= 4 is 0 Å². The number of β-amino-alcohol motifs (C(OH)–C–C–N with tert-alkyl or cyclic N) is 1. The Morgan fingerprint density at radius 1 is 1.05 bits per heavy atom. The van der Waals surface area contributed by atoms with Crippen molar-refractivity contribution in [2.24, 2.45) is 5.73 Å². The number of hydrogen-bond acceptors (Lipinski definition) is 3. The molecular weight excluding hydrogens is 272 g/mol. The highest BCUT2D eigenvalue weighted by Crippen LogP contribution is 2.30. The van der Waals surface area contributed by atoms with Crippen LogP contribution in [-0.4, -0.2) is 29.3 Å². The molecule has 116 valence electrons. The van der Waals surface area contributed by atoms with Gasteiger partial charge in [0.25, 0.3) is 0 Å². The molecule has 0 radical (unpaired) electrons. The van der Waals surface area contributed by atoms with Crippen molar-refractivity contribution in [2.45, 2.75) is 31.0 Å². The zero-order valence-corrected chi connectivity index (χ0v) is 12.8. The predicted octanol–water partition coefficient (Wildman–Crippen LogP) is 2.88. The molecule has 1 heterocycles. The number of rotatable bonds is 4. The Morgan fingerprint density at radius 3 is 2.32 bits per heavy atom. The second kappa shape index (κ2) is 7.05. The largest absolute Gasteiger partial charge is 0.387 e. The predicted molar refractivity (Wildman–Crippen MR) is 89.4 cm³/mol. The number of hydrogen-bond donors (Lipinski definition) is 2. The Morgan fingerprint density at radius 2 is 1.68 bits per heavy atom. The number of benzene rings is 2. The molecule has 2 aromatic carbocycles. The Hall–Kier alpha value is -1.68. The summed E-state index contributed by atoms with van der Waals surface area (Å²) in [5, 5.41) is 10.4. The Balaban J connectivity index is 1.59. The third-order valence-electron chi connectivity index (χ3n) is 4.62. The molecule has 0 saturated carbocycles. The molecule has 3 rings (SSSR count). The lowest BCUT2D eigenvalue weighted by Gasteiger charge is -2.38. The van der Waals surface area contributed by atoms with Crippen LogP contribution in [0.5, 0.6) is 0 Å². The van der Waals surface area contributed by atoms with E-state index < -0.39 is 6.10 Å². The summed E-state index contributed by atoms with van der Waals surface area (Å²) in [4.78, 5) is 2.21. The summed E-state index contributed by atoms with van der Waals surface area (Å²) in [6, 6.07) is 20.4. The van der Waals surface area contributed by atoms with Gasteiger partial charge in [0.15, 0.2) is 0 Å². The molecule has 22 heavy (non-hydrogen) atoms. The average Bonchev–Trinajstić information content (AvgIpc) is 2.58. The van der Waals surface area contributed by atoms with E-state index in [4.69, 9.17) is 5.73 Å². The maximum atomic E-state index is 10.4. The number of aliphatic hydroxyl groups is 1. The summed E-state index contributed by atoms with van der Waals surface area (Å²) in [5.74, 6) is 0.529. The van der Waals surface area contributed by atoms with E-state index in [1.54, 1.807) is 0 Å². The van der Waals surface area contributed by atoms with Crippen molar-refractivity contribution < 1.29 is 5.11 Å². The van der Waals surface area contributed by atoms with Crippen LogP contribution in [0.25, 0.3) is 0 Å². The van der Waals surface area contributed by atoms with Gasteiger partial charge in [-0.1, -0.05) is 60.7 Å². The molecule has 1 saturated heterocycles. The third kappa shape index (κ3) is 3.55. The van der Waals surface area contributed by atoms with E-state index >= 15 is 0 Å². The molecule has 1 aliphatic heterocycles. The van der Waals surface area contributed by atoms with Crippen molar-refractivity contribution in [1.82, 2.24) is 4.90 Å². The van der Waals surface area contributed by atoms with E-state index in [0.717, 1.165) is 24.9 Å². The van der Waals surface area contributed by atoms with Gasteiger partial charge >= 0.3 is 0 Å². The topological polar surface area (TPSA) is 49.5 Å². The van der Waals surface area contributed by atoms with Gasteiger partial charge in [-0.25, -0.2) is 0 Å². The summed E-state index contributed by atoms with van der Waals surface area (Å²) < 4.78 is 0. The number of nitrogens with two attached hydrogens (primary N) is 1. The molecule has 0 spiro atoms. The molecule has 1 fully saturated rings. The van der Waals surface area contributed by atoms with Crippen LogP contribution in [-0.2, 0) is 0 Å². The fourth-order valence-corrected chi connectivity index (χ4v) is 3.30. The Labute approximate surface area is 132 Å².